The average molecular weight is 404 g/mol. The van der Waals surface area contributed by atoms with Gasteiger partial charge in [0.2, 0.25) is 0 Å². The van der Waals surface area contributed by atoms with Crippen LogP contribution < -0.4 is 24.8 Å². The number of hydrogen-bond acceptors (Lipinski definition) is 1. The average Bonchev–Trinajstić information content (AvgIpc) is 2.67. The van der Waals surface area contributed by atoms with E-state index in [9.17, 15) is 5.11 Å². The second-order valence-electron chi connectivity index (χ2n) is 6.60. The van der Waals surface area contributed by atoms with Gasteiger partial charge in [0, 0.05) is 0 Å². The molecule has 1 N–H and O–H groups in total. The van der Waals surface area contributed by atoms with Gasteiger partial charge in [0.15, 0.2) is 0 Å². The van der Waals surface area contributed by atoms with Crippen molar-refractivity contribution >= 4 is 4.82 Å². The first kappa shape index (κ1) is 28.5. The summed E-state index contributed by atoms with van der Waals surface area (Å²) in [5.74, 6) is 0.905. The molecule has 0 fully saturated rings. The van der Waals surface area contributed by atoms with Crippen molar-refractivity contribution in [3.63, 3.8) is 0 Å². The first-order chi connectivity index (χ1) is 10.1. The number of phenolic OH excluding ortho intramolecular Hbond substituents is 1. The van der Waals surface area contributed by atoms with Gasteiger partial charge in [-0.25, -0.2) is 5.57 Å². The summed E-state index contributed by atoms with van der Waals surface area (Å²) >= 11 is 1.75. The van der Waals surface area contributed by atoms with Gasteiger partial charge in [0.05, 0.1) is 0 Å². The van der Waals surface area contributed by atoms with Crippen LogP contribution >= 0.6 is 0 Å². The van der Waals surface area contributed by atoms with Crippen molar-refractivity contribution in [3.8, 4) is 5.75 Å². The molecular formula is C20H29Cl2OTi-2. The summed E-state index contributed by atoms with van der Waals surface area (Å²) in [5.41, 5.74) is 5.53. The number of benzene rings is 1. The summed E-state index contributed by atoms with van der Waals surface area (Å²) in [6.45, 7) is 15.0. The van der Waals surface area contributed by atoms with Crippen LogP contribution in [0.5, 0.6) is 5.75 Å². The predicted octanol–water partition coefficient (Wildman–Crippen LogP) is -0.615. The van der Waals surface area contributed by atoms with Gasteiger partial charge >= 0.3 is 24.8 Å². The van der Waals surface area contributed by atoms with Gasteiger partial charge in [-0.2, -0.15) is 11.1 Å². The number of rotatable bonds is 0. The zero-order valence-corrected chi connectivity index (χ0v) is 18.9. The molecule has 2 rings (SSSR count). The van der Waals surface area contributed by atoms with Crippen molar-refractivity contribution in [1.82, 2.24) is 0 Å². The molecule has 0 saturated heterocycles. The van der Waals surface area contributed by atoms with Crippen molar-refractivity contribution in [1.29, 1.82) is 0 Å². The molecule has 24 heavy (non-hydrogen) atoms. The number of hydrogen-bond donors (Lipinski definition) is 1. The molecular weight excluding hydrogens is 375 g/mol. The van der Waals surface area contributed by atoms with Crippen LogP contribution in [0.1, 0.15) is 54.0 Å². The molecule has 0 spiro atoms. The van der Waals surface area contributed by atoms with Crippen LogP contribution in [0.4, 0.5) is 0 Å². The molecule has 135 valence electrons. The third-order valence-corrected chi connectivity index (χ3v) is 3.95. The SMILES string of the molecule is CC(C)(C)c1cccc(O)c1.CC1=[C-]C(C)C(C)=C1C.[CH2]=[Ti+].[Cl-].[Cl-]. The normalized spacial score (nSPS) is 15.7. The first-order valence-electron chi connectivity index (χ1n) is 7.55. The van der Waals surface area contributed by atoms with Crippen LogP contribution in [0.2, 0.25) is 0 Å². The maximum absolute atomic E-state index is 9.18. The Balaban J connectivity index is -0.000000313. The summed E-state index contributed by atoms with van der Waals surface area (Å²) in [6, 6.07) is 7.39. The van der Waals surface area contributed by atoms with Crippen LogP contribution in [0, 0.1) is 12.0 Å². The molecule has 1 nitrogen and oxygen atoms in total. The first-order valence-corrected chi connectivity index (χ1v) is 8.66. The minimum Gasteiger partial charge on any atom is -1.00 e. The van der Waals surface area contributed by atoms with Gasteiger partial charge in [-0.3, -0.25) is 6.08 Å². The quantitative estimate of drug-likeness (QED) is 0.452. The molecule has 1 atom stereocenters. The van der Waals surface area contributed by atoms with Crippen molar-refractivity contribution in [2.45, 2.75) is 53.9 Å². The number of halogens is 2. The van der Waals surface area contributed by atoms with Gasteiger partial charge in [0.1, 0.15) is 5.75 Å². The number of aromatic hydroxyl groups is 1. The zero-order chi connectivity index (χ0) is 17.5. The van der Waals surface area contributed by atoms with E-state index in [4.69, 9.17) is 0 Å². The Kier molecular flexibility index (Phi) is 15.4. The summed E-state index contributed by atoms with van der Waals surface area (Å²) in [7, 11) is 0. The Morgan fingerprint density at radius 2 is 1.58 bits per heavy atom. The van der Waals surface area contributed by atoms with Crippen LogP contribution in [-0.2, 0) is 25.4 Å². The van der Waals surface area contributed by atoms with Crippen LogP contribution in [0.25, 0.3) is 0 Å². The van der Waals surface area contributed by atoms with E-state index in [-0.39, 0.29) is 30.2 Å². The Labute approximate surface area is 172 Å². The summed E-state index contributed by atoms with van der Waals surface area (Å²) in [6.07, 6.45) is 3.36. The molecule has 0 saturated carbocycles. The molecule has 1 aliphatic rings. The molecule has 1 aromatic carbocycles. The molecule has 4 heteroatoms. The molecule has 0 amide bonds. The second-order valence-corrected chi connectivity index (χ2v) is 6.60. The molecule has 1 unspecified atom stereocenters. The van der Waals surface area contributed by atoms with E-state index < -0.39 is 0 Å². The predicted molar refractivity (Wildman–Crippen MR) is 93.9 cm³/mol. The van der Waals surface area contributed by atoms with E-state index in [2.05, 4.69) is 59.4 Å². The molecule has 0 radical (unpaired) electrons. The topological polar surface area (TPSA) is 20.2 Å². The molecule has 0 bridgehead atoms. The second kappa shape index (κ2) is 12.9. The molecule has 0 heterocycles. The van der Waals surface area contributed by atoms with Crippen LogP contribution in [0.3, 0.4) is 0 Å². The van der Waals surface area contributed by atoms with E-state index in [1.54, 1.807) is 32.1 Å². The zero-order valence-electron chi connectivity index (χ0n) is 15.8. The van der Waals surface area contributed by atoms with E-state index >= 15 is 0 Å². The standard InChI is InChI=1S/C10H14O.C9H13.CH2.2ClH.Ti/c1-10(2,3)8-5-4-6-9(11)7-8;1-6-5-7(2)9(4)8(6)3;;;;/h4-7,11H,1-3H3;6H,1-4H3;1H2;2*1H;/q;-1;;;;+1/p-2. The fourth-order valence-electron chi connectivity index (χ4n) is 2.13. The third kappa shape index (κ3) is 9.23. The molecule has 0 aliphatic heterocycles. The van der Waals surface area contributed by atoms with Crippen molar-refractivity contribution in [2.75, 3.05) is 0 Å². The smallest absolute Gasteiger partial charge is 1.00 e. The van der Waals surface area contributed by atoms with E-state index in [1.165, 1.54) is 16.7 Å². The van der Waals surface area contributed by atoms with Gasteiger partial charge in [0.25, 0.3) is 0 Å². The van der Waals surface area contributed by atoms with Gasteiger partial charge in [-0.05, 0) is 23.1 Å². The summed E-state index contributed by atoms with van der Waals surface area (Å²) in [5, 5.41) is 9.18. The molecule has 0 aromatic heterocycles. The maximum atomic E-state index is 9.18. The minimum atomic E-state index is 0. The number of phenols is 1. The van der Waals surface area contributed by atoms with Crippen LogP contribution in [-0.4, -0.2) is 9.92 Å². The van der Waals surface area contributed by atoms with Gasteiger partial charge in [-0.15, -0.1) is 6.92 Å². The third-order valence-electron chi connectivity index (χ3n) is 3.95. The summed E-state index contributed by atoms with van der Waals surface area (Å²) in [4.78, 5) is 3.25. The van der Waals surface area contributed by atoms with E-state index in [0.717, 1.165) is 5.56 Å². The minimum absolute atomic E-state index is 0. The van der Waals surface area contributed by atoms with Crippen molar-refractivity contribution < 1.29 is 49.9 Å². The Hall–Kier alpha value is -0.336. The van der Waals surface area contributed by atoms with Gasteiger partial charge < -0.3 is 29.9 Å². The van der Waals surface area contributed by atoms with Crippen LogP contribution in [0.15, 0.2) is 41.0 Å². The Bertz CT molecular complexity index is 557. The Morgan fingerprint density at radius 1 is 1.08 bits per heavy atom. The van der Waals surface area contributed by atoms with E-state index in [1.807, 2.05) is 12.1 Å². The van der Waals surface area contributed by atoms with Crippen molar-refractivity contribution in [2.24, 2.45) is 5.92 Å². The van der Waals surface area contributed by atoms with E-state index in [0.29, 0.717) is 11.7 Å². The molecule has 1 aliphatic carbocycles. The fraction of sp³-hybridized carbons (Fsp3) is 0.450. The number of allylic oxidation sites excluding steroid dienone is 4. The Morgan fingerprint density at radius 3 is 1.79 bits per heavy atom. The molecule has 1 aromatic rings. The van der Waals surface area contributed by atoms with Gasteiger partial charge in [-0.1, -0.05) is 59.6 Å². The summed E-state index contributed by atoms with van der Waals surface area (Å²) < 4.78 is 0. The maximum Gasteiger partial charge on any atom is -1.00 e. The van der Waals surface area contributed by atoms with Crippen molar-refractivity contribution in [3.05, 3.63) is 52.6 Å². The largest absolute Gasteiger partial charge is 1.00 e. The monoisotopic (exact) mass is 403 g/mol. The fourth-order valence-corrected chi connectivity index (χ4v) is 2.13.